The number of hydrogen-bond donors (Lipinski definition) is 1. The van der Waals surface area contributed by atoms with Crippen LogP contribution in [0.25, 0.3) is 22.3 Å². The van der Waals surface area contributed by atoms with E-state index >= 15 is 0 Å². The van der Waals surface area contributed by atoms with Gasteiger partial charge in [0.2, 0.25) is 0 Å². The van der Waals surface area contributed by atoms with Crippen LogP contribution in [0.5, 0.6) is 5.75 Å². The van der Waals surface area contributed by atoms with Gasteiger partial charge in [0, 0.05) is 43.6 Å². The molecular formula is C26H25F3N2O2. The van der Waals surface area contributed by atoms with Crippen LogP contribution in [0.1, 0.15) is 23.2 Å². The van der Waals surface area contributed by atoms with Crippen molar-refractivity contribution in [3.63, 3.8) is 0 Å². The molecule has 4 rings (SSSR count). The van der Waals surface area contributed by atoms with Gasteiger partial charge in [-0.25, -0.2) is 13.2 Å². The fourth-order valence-electron chi connectivity index (χ4n) is 3.88. The molecule has 0 spiro atoms. The minimum Gasteiger partial charge on any atom is -0.492 e. The Morgan fingerprint density at radius 3 is 2.15 bits per heavy atom. The number of nitrogens with zero attached hydrogens (tertiary/aromatic N) is 1. The molecule has 3 aromatic carbocycles. The van der Waals surface area contributed by atoms with Crippen LogP contribution in [0.4, 0.5) is 13.2 Å². The van der Waals surface area contributed by atoms with Crippen LogP contribution < -0.4 is 10.5 Å². The van der Waals surface area contributed by atoms with Gasteiger partial charge in [0.05, 0.1) is 0 Å². The van der Waals surface area contributed by atoms with Crippen LogP contribution in [-0.4, -0.2) is 43.0 Å². The molecule has 1 aliphatic heterocycles. The van der Waals surface area contributed by atoms with Crippen LogP contribution >= 0.6 is 0 Å². The average Bonchev–Trinajstić information content (AvgIpc) is 2.83. The van der Waals surface area contributed by atoms with E-state index in [1.807, 2.05) is 30.3 Å². The van der Waals surface area contributed by atoms with E-state index in [0.717, 1.165) is 22.3 Å². The Morgan fingerprint density at radius 1 is 0.909 bits per heavy atom. The second kappa shape index (κ2) is 9.67. The van der Waals surface area contributed by atoms with E-state index in [2.05, 4.69) is 0 Å². The summed E-state index contributed by atoms with van der Waals surface area (Å²) in [6.07, 6.45) is -0.608. The summed E-state index contributed by atoms with van der Waals surface area (Å²) in [4.78, 5) is 14.2. The number of likely N-dealkylation sites (tertiary alicyclic amines) is 1. The van der Waals surface area contributed by atoms with Gasteiger partial charge in [-0.3, -0.25) is 4.79 Å². The Hall–Kier alpha value is -3.32. The van der Waals surface area contributed by atoms with Gasteiger partial charge in [0.1, 0.15) is 18.2 Å². The first-order chi connectivity index (χ1) is 15.9. The molecule has 172 valence electrons. The maximum absolute atomic E-state index is 13.4. The first-order valence-electron chi connectivity index (χ1n) is 10.9. The van der Waals surface area contributed by atoms with Crippen LogP contribution in [-0.2, 0) is 0 Å². The predicted molar refractivity (Wildman–Crippen MR) is 122 cm³/mol. The first kappa shape index (κ1) is 22.9. The number of rotatable bonds is 6. The molecule has 1 aliphatic rings. The van der Waals surface area contributed by atoms with E-state index in [1.54, 1.807) is 24.3 Å². The minimum absolute atomic E-state index is 0.0544. The molecule has 7 heteroatoms. The topological polar surface area (TPSA) is 55.6 Å². The molecule has 0 unspecified atom stereocenters. The van der Waals surface area contributed by atoms with E-state index in [4.69, 9.17) is 10.5 Å². The average molecular weight is 454 g/mol. The third kappa shape index (κ3) is 5.37. The minimum atomic E-state index is -2.69. The lowest BCUT2D eigenvalue weighted by Gasteiger charge is -2.31. The van der Waals surface area contributed by atoms with Crippen molar-refractivity contribution in [1.29, 1.82) is 0 Å². The summed E-state index contributed by atoms with van der Waals surface area (Å²) in [6.45, 7) is 0.833. The maximum atomic E-state index is 13.4. The number of hydrogen-bond acceptors (Lipinski definition) is 3. The lowest BCUT2D eigenvalue weighted by atomic mass is 9.97. The summed E-state index contributed by atoms with van der Waals surface area (Å²) in [5, 5.41) is 0. The lowest BCUT2D eigenvalue weighted by Crippen LogP contribution is -2.42. The van der Waals surface area contributed by atoms with Gasteiger partial charge in [-0.15, -0.1) is 0 Å². The van der Waals surface area contributed by atoms with Gasteiger partial charge >= 0.3 is 0 Å². The number of carbonyl (C=O) groups excluding carboxylic acids is 1. The molecule has 0 aliphatic carbocycles. The highest BCUT2D eigenvalue weighted by molar-refractivity contribution is 5.95. The zero-order chi connectivity index (χ0) is 23.4. The van der Waals surface area contributed by atoms with Gasteiger partial charge in [0.15, 0.2) is 0 Å². The Kier molecular flexibility index (Phi) is 6.70. The second-order valence-electron chi connectivity index (χ2n) is 8.08. The summed E-state index contributed by atoms with van der Waals surface area (Å²) in [5.41, 5.74) is 9.41. The number of carbonyl (C=O) groups is 1. The lowest BCUT2D eigenvalue weighted by molar-refractivity contribution is -0.0494. The highest BCUT2D eigenvalue weighted by Crippen LogP contribution is 2.35. The van der Waals surface area contributed by atoms with Crippen LogP contribution in [0, 0.1) is 5.82 Å². The molecule has 2 N–H and O–H groups in total. The molecule has 0 aromatic heterocycles. The molecule has 0 radical (unpaired) electrons. The van der Waals surface area contributed by atoms with E-state index < -0.39 is 5.92 Å². The number of benzene rings is 3. The summed E-state index contributed by atoms with van der Waals surface area (Å²) < 4.78 is 46.0. The van der Waals surface area contributed by atoms with Crippen molar-refractivity contribution in [3.05, 3.63) is 78.1 Å². The summed E-state index contributed by atoms with van der Waals surface area (Å²) in [5.74, 6) is -2.61. The standard InChI is InChI=1S/C26H25F3N2O2/c27-22-8-5-19(6-9-22)23-17-21(7-10-24(23)33-16-13-30)18-1-3-20(4-2-18)25(32)31-14-11-26(28,29)12-15-31/h1-10,17H,11-16,30H2. The molecule has 1 saturated heterocycles. The maximum Gasteiger partial charge on any atom is 0.253 e. The number of ether oxygens (including phenoxy) is 1. The number of amides is 1. The number of alkyl halides is 2. The third-order valence-corrected chi connectivity index (χ3v) is 5.76. The van der Waals surface area contributed by atoms with E-state index in [1.165, 1.54) is 17.0 Å². The monoisotopic (exact) mass is 454 g/mol. The van der Waals surface area contributed by atoms with Crippen molar-refractivity contribution >= 4 is 5.91 Å². The number of piperidine rings is 1. The third-order valence-electron chi connectivity index (χ3n) is 5.76. The van der Waals surface area contributed by atoms with Crippen LogP contribution in [0.2, 0.25) is 0 Å². The van der Waals surface area contributed by atoms with Crippen molar-refractivity contribution in [2.24, 2.45) is 5.73 Å². The van der Waals surface area contributed by atoms with Crippen molar-refractivity contribution in [2.75, 3.05) is 26.2 Å². The van der Waals surface area contributed by atoms with E-state index in [0.29, 0.717) is 24.5 Å². The molecule has 0 saturated carbocycles. The Morgan fingerprint density at radius 2 is 1.52 bits per heavy atom. The molecule has 1 amide bonds. The van der Waals surface area contributed by atoms with Gasteiger partial charge < -0.3 is 15.4 Å². The van der Waals surface area contributed by atoms with Crippen molar-refractivity contribution in [1.82, 2.24) is 4.90 Å². The molecule has 1 fully saturated rings. The van der Waals surface area contributed by atoms with Crippen LogP contribution in [0.3, 0.4) is 0 Å². The SMILES string of the molecule is NCCOc1ccc(-c2ccc(C(=O)N3CCC(F)(F)CC3)cc2)cc1-c1ccc(F)cc1. The Bertz CT molecular complexity index is 1110. The molecule has 0 atom stereocenters. The molecule has 1 heterocycles. The molecule has 4 nitrogen and oxygen atoms in total. The number of nitrogens with two attached hydrogens (primary N) is 1. The van der Waals surface area contributed by atoms with Crippen molar-refractivity contribution in [2.45, 2.75) is 18.8 Å². The van der Waals surface area contributed by atoms with Gasteiger partial charge in [0.25, 0.3) is 11.8 Å². The Labute approximate surface area is 190 Å². The molecular weight excluding hydrogens is 429 g/mol. The smallest absolute Gasteiger partial charge is 0.253 e. The van der Waals surface area contributed by atoms with Crippen LogP contribution in [0.15, 0.2) is 66.7 Å². The number of halogens is 3. The van der Waals surface area contributed by atoms with Crippen molar-refractivity contribution in [3.8, 4) is 28.0 Å². The molecule has 33 heavy (non-hydrogen) atoms. The van der Waals surface area contributed by atoms with E-state index in [9.17, 15) is 18.0 Å². The van der Waals surface area contributed by atoms with E-state index in [-0.39, 0.29) is 37.7 Å². The largest absolute Gasteiger partial charge is 0.492 e. The molecule has 3 aromatic rings. The summed E-state index contributed by atoms with van der Waals surface area (Å²) >= 11 is 0. The van der Waals surface area contributed by atoms with Gasteiger partial charge in [-0.2, -0.15) is 0 Å². The highest BCUT2D eigenvalue weighted by Gasteiger charge is 2.35. The fraction of sp³-hybridized carbons (Fsp3) is 0.269. The fourth-order valence-corrected chi connectivity index (χ4v) is 3.88. The Balaban J connectivity index is 1.58. The summed E-state index contributed by atoms with van der Waals surface area (Å²) in [6, 6.07) is 18.9. The van der Waals surface area contributed by atoms with Gasteiger partial charge in [-0.1, -0.05) is 30.3 Å². The second-order valence-corrected chi connectivity index (χ2v) is 8.08. The highest BCUT2D eigenvalue weighted by atomic mass is 19.3. The predicted octanol–water partition coefficient (Wildman–Crippen LogP) is 5.37. The van der Waals surface area contributed by atoms with Crippen molar-refractivity contribution < 1.29 is 22.7 Å². The zero-order valence-electron chi connectivity index (χ0n) is 18.1. The summed E-state index contributed by atoms with van der Waals surface area (Å²) in [7, 11) is 0. The quantitative estimate of drug-likeness (QED) is 0.545. The molecule has 0 bridgehead atoms. The normalized spacial score (nSPS) is 15.3. The first-order valence-corrected chi connectivity index (χ1v) is 10.9. The zero-order valence-corrected chi connectivity index (χ0v) is 18.1. The van der Waals surface area contributed by atoms with Gasteiger partial charge in [-0.05, 0) is 53.1 Å².